The minimum absolute atomic E-state index is 0.120. The zero-order chi connectivity index (χ0) is 13.9. The number of aryl methyl sites for hydroxylation is 1. The van der Waals surface area contributed by atoms with Gasteiger partial charge >= 0.3 is 0 Å². The lowest BCUT2D eigenvalue weighted by atomic mass is 9.78. The van der Waals surface area contributed by atoms with E-state index >= 15 is 0 Å². The maximum absolute atomic E-state index is 10.3. The Balaban J connectivity index is 1.71. The smallest absolute Gasteiger partial charge is 0.122 e. The van der Waals surface area contributed by atoms with E-state index in [1.807, 2.05) is 6.92 Å². The summed E-state index contributed by atoms with van der Waals surface area (Å²) in [5.41, 5.74) is 1.83. The zero-order valence-corrected chi connectivity index (χ0v) is 12.3. The van der Waals surface area contributed by atoms with Gasteiger partial charge in [-0.3, -0.25) is 4.90 Å². The van der Waals surface area contributed by atoms with E-state index in [0.717, 1.165) is 30.9 Å². The molecule has 3 atom stereocenters. The highest BCUT2D eigenvalue weighted by Crippen LogP contribution is 2.34. The van der Waals surface area contributed by atoms with Crippen LogP contribution in [0.1, 0.15) is 56.3 Å². The number of nitrogens with zero attached hydrogens (tertiary/aromatic N) is 3. The summed E-state index contributed by atoms with van der Waals surface area (Å²) in [6, 6.07) is 0.496. The van der Waals surface area contributed by atoms with Crippen molar-refractivity contribution >= 4 is 0 Å². The number of aliphatic hydroxyl groups is 1. The zero-order valence-electron chi connectivity index (χ0n) is 12.3. The molecule has 2 fully saturated rings. The van der Waals surface area contributed by atoms with Gasteiger partial charge in [-0.05, 0) is 39.2 Å². The Morgan fingerprint density at radius 3 is 2.70 bits per heavy atom. The van der Waals surface area contributed by atoms with Gasteiger partial charge < -0.3 is 5.11 Å². The first-order valence-corrected chi connectivity index (χ1v) is 7.96. The molecule has 1 aromatic heterocycles. The van der Waals surface area contributed by atoms with E-state index in [1.54, 1.807) is 0 Å². The Bertz CT molecular complexity index is 435. The van der Waals surface area contributed by atoms with Gasteiger partial charge in [-0.1, -0.05) is 29.6 Å². The predicted molar refractivity (Wildman–Crippen MR) is 75.0 cm³/mol. The average Bonchev–Trinajstić information content (AvgIpc) is 2.86. The molecule has 0 spiro atoms. The van der Waals surface area contributed by atoms with Gasteiger partial charge in [0.05, 0.1) is 6.10 Å². The standard InChI is InChI=1S/C15H25N3O2/c1-11-13(17-20-16-11)10-18-9-5-4-7-14(18)12-6-2-3-8-15(12)19/h12,14-15,19H,2-10H2,1H3. The lowest BCUT2D eigenvalue weighted by Crippen LogP contribution is -2.48. The van der Waals surface area contributed by atoms with E-state index in [-0.39, 0.29) is 6.10 Å². The Labute approximate surface area is 120 Å². The SMILES string of the molecule is Cc1nonc1CN1CCCCC1C1CCCCC1O. The molecule has 2 aliphatic rings. The Kier molecular flexibility index (Phi) is 4.36. The van der Waals surface area contributed by atoms with Crippen LogP contribution in [-0.4, -0.2) is 39.0 Å². The lowest BCUT2D eigenvalue weighted by molar-refractivity contribution is -0.00933. The number of hydrogen-bond acceptors (Lipinski definition) is 5. The maximum atomic E-state index is 10.3. The maximum Gasteiger partial charge on any atom is 0.122 e. The van der Waals surface area contributed by atoms with E-state index in [4.69, 9.17) is 4.63 Å². The van der Waals surface area contributed by atoms with E-state index in [2.05, 4.69) is 15.2 Å². The molecular weight excluding hydrogens is 254 g/mol. The van der Waals surface area contributed by atoms with Crippen molar-refractivity contribution in [3.63, 3.8) is 0 Å². The summed E-state index contributed by atoms with van der Waals surface area (Å²) in [5, 5.41) is 18.2. The molecule has 5 nitrogen and oxygen atoms in total. The molecular formula is C15H25N3O2. The second-order valence-corrected chi connectivity index (χ2v) is 6.35. The van der Waals surface area contributed by atoms with E-state index < -0.39 is 0 Å². The second-order valence-electron chi connectivity index (χ2n) is 6.35. The molecule has 1 aliphatic carbocycles. The summed E-state index contributed by atoms with van der Waals surface area (Å²) in [6.07, 6.45) is 8.17. The van der Waals surface area contributed by atoms with Crippen molar-refractivity contribution in [2.75, 3.05) is 6.54 Å². The van der Waals surface area contributed by atoms with Crippen LogP contribution in [-0.2, 0) is 6.54 Å². The Morgan fingerprint density at radius 2 is 1.95 bits per heavy atom. The summed E-state index contributed by atoms with van der Waals surface area (Å²) < 4.78 is 4.81. The molecule has 5 heteroatoms. The molecule has 0 aromatic carbocycles. The summed E-state index contributed by atoms with van der Waals surface area (Å²) in [7, 11) is 0. The third kappa shape index (κ3) is 2.88. The first kappa shape index (κ1) is 14.0. The lowest BCUT2D eigenvalue weighted by Gasteiger charge is -2.43. The molecule has 1 N–H and O–H groups in total. The largest absolute Gasteiger partial charge is 0.393 e. The fourth-order valence-electron chi connectivity index (χ4n) is 3.87. The molecule has 0 radical (unpaired) electrons. The first-order valence-electron chi connectivity index (χ1n) is 7.96. The molecule has 1 saturated carbocycles. The Morgan fingerprint density at radius 1 is 1.15 bits per heavy atom. The van der Waals surface area contributed by atoms with Crippen molar-refractivity contribution in [2.45, 2.75) is 70.6 Å². The number of aliphatic hydroxyl groups excluding tert-OH is 1. The van der Waals surface area contributed by atoms with E-state index in [1.165, 1.54) is 38.5 Å². The highest BCUT2D eigenvalue weighted by Gasteiger charge is 2.35. The third-order valence-corrected chi connectivity index (χ3v) is 5.04. The van der Waals surface area contributed by atoms with Crippen LogP contribution in [0.4, 0.5) is 0 Å². The van der Waals surface area contributed by atoms with Crippen LogP contribution >= 0.6 is 0 Å². The molecule has 0 amide bonds. The molecule has 3 unspecified atom stereocenters. The number of likely N-dealkylation sites (tertiary alicyclic amines) is 1. The quantitative estimate of drug-likeness (QED) is 0.919. The van der Waals surface area contributed by atoms with Gasteiger partial charge in [-0.2, -0.15) is 0 Å². The minimum Gasteiger partial charge on any atom is -0.393 e. The molecule has 1 aliphatic heterocycles. The van der Waals surface area contributed by atoms with Gasteiger partial charge in [-0.15, -0.1) is 0 Å². The predicted octanol–water partition coefficient (Wildman–Crippen LogP) is 2.28. The Hall–Kier alpha value is -0.940. The van der Waals surface area contributed by atoms with Crippen molar-refractivity contribution in [2.24, 2.45) is 5.92 Å². The average molecular weight is 279 g/mol. The topological polar surface area (TPSA) is 62.4 Å². The van der Waals surface area contributed by atoms with E-state index in [0.29, 0.717) is 12.0 Å². The van der Waals surface area contributed by atoms with Gasteiger partial charge in [-0.25, -0.2) is 4.63 Å². The monoisotopic (exact) mass is 279 g/mol. The number of aromatic nitrogens is 2. The van der Waals surface area contributed by atoms with Crippen molar-refractivity contribution in [3.05, 3.63) is 11.4 Å². The van der Waals surface area contributed by atoms with Gasteiger partial charge in [0.1, 0.15) is 11.4 Å². The molecule has 1 aromatic rings. The number of hydrogen-bond donors (Lipinski definition) is 1. The fraction of sp³-hybridized carbons (Fsp3) is 0.867. The number of rotatable bonds is 3. The summed E-state index contributed by atoms with van der Waals surface area (Å²) in [4.78, 5) is 2.50. The second kappa shape index (κ2) is 6.22. The minimum atomic E-state index is -0.120. The first-order chi connectivity index (χ1) is 9.75. The summed E-state index contributed by atoms with van der Waals surface area (Å²) in [6.45, 7) is 3.85. The van der Waals surface area contributed by atoms with Gasteiger partial charge in [0.25, 0.3) is 0 Å². The molecule has 112 valence electrons. The van der Waals surface area contributed by atoms with Gasteiger partial charge in [0, 0.05) is 18.5 Å². The summed E-state index contributed by atoms with van der Waals surface area (Å²) >= 11 is 0. The summed E-state index contributed by atoms with van der Waals surface area (Å²) in [5.74, 6) is 0.434. The van der Waals surface area contributed by atoms with Gasteiger partial charge in [0.15, 0.2) is 0 Å². The van der Waals surface area contributed by atoms with Crippen LogP contribution < -0.4 is 0 Å². The van der Waals surface area contributed by atoms with Crippen LogP contribution in [0, 0.1) is 12.8 Å². The molecule has 1 saturated heterocycles. The van der Waals surface area contributed by atoms with E-state index in [9.17, 15) is 5.11 Å². The molecule has 3 rings (SSSR count). The molecule has 2 heterocycles. The normalized spacial score (nSPS) is 32.4. The fourth-order valence-corrected chi connectivity index (χ4v) is 3.87. The third-order valence-electron chi connectivity index (χ3n) is 5.04. The molecule has 20 heavy (non-hydrogen) atoms. The van der Waals surface area contributed by atoms with Crippen LogP contribution in [0.3, 0.4) is 0 Å². The van der Waals surface area contributed by atoms with Crippen molar-refractivity contribution in [1.82, 2.24) is 15.2 Å². The highest BCUT2D eigenvalue weighted by atomic mass is 16.6. The van der Waals surface area contributed by atoms with Crippen molar-refractivity contribution in [3.8, 4) is 0 Å². The van der Waals surface area contributed by atoms with Crippen LogP contribution in [0.2, 0.25) is 0 Å². The van der Waals surface area contributed by atoms with Crippen molar-refractivity contribution < 1.29 is 9.74 Å². The molecule has 0 bridgehead atoms. The highest BCUT2D eigenvalue weighted by molar-refractivity contribution is 5.05. The van der Waals surface area contributed by atoms with Crippen LogP contribution in [0.15, 0.2) is 4.63 Å². The van der Waals surface area contributed by atoms with Gasteiger partial charge in [0.2, 0.25) is 0 Å². The van der Waals surface area contributed by atoms with Crippen LogP contribution in [0.5, 0.6) is 0 Å². The number of piperidine rings is 1. The van der Waals surface area contributed by atoms with Crippen molar-refractivity contribution in [1.29, 1.82) is 0 Å². The van der Waals surface area contributed by atoms with Crippen LogP contribution in [0.25, 0.3) is 0 Å².